The van der Waals surface area contributed by atoms with Gasteiger partial charge in [0.15, 0.2) is 27.2 Å². The van der Waals surface area contributed by atoms with Crippen LogP contribution in [0, 0.1) is 5.82 Å². The fourth-order valence-electron chi connectivity index (χ4n) is 1.41. The van der Waals surface area contributed by atoms with Crippen molar-refractivity contribution in [2.24, 2.45) is 0 Å². The summed E-state index contributed by atoms with van der Waals surface area (Å²) in [6.45, 7) is 0.0204. The molecule has 0 aliphatic rings. The van der Waals surface area contributed by atoms with Crippen LogP contribution in [0.4, 0.5) is 4.39 Å². The van der Waals surface area contributed by atoms with E-state index >= 15 is 0 Å². The molecular weight excluding hydrogens is 275 g/mol. The summed E-state index contributed by atoms with van der Waals surface area (Å²) in [6, 6.07) is 3.58. The van der Waals surface area contributed by atoms with Crippen molar-refractivity contribution in [3.8, 4) is 5.75 Å². The topological polar surface area (TPSA) is 69.7 Å². The number of benzene rings is 1. The average molecular weight is 290 g/mol. The van der Waals surface area contributed by atoms with Gasteiger partial charge < -0.3 is 9.47 Å². The second-order valence-corrected chi connectivity index (χ2v) is 6.04. The lowest BCUT2D eigenvalue weighted by atomic mass is 10.1. The van der Waals surface area contributed by atoms with Crippen LogP contribution in [0.2, 0.25) is 0 Å². The maximum atomic E-state index is 13.4. The van der Waals surface area contributed by atoms with Crippen molar-refractivity contribution in [1.29, 1.82) is 0 Å². The van der Waals surface area contributed by atoms with Gasteiger partial charge in [0.25, 0.3) is 0 Å². The number of hydrogen-bond donors (Lipinski definition) is 0. The number of methoxy groups -OCH3 is 2. The second kappa shape index (κ2) is 6.63. The predicted octanol–water partition coefficient (Wildman–Crippen LogP) is 1.08. The van der Waals surface area contributed by atoms with Crippen LogP contribution in [-0.2, 0) is 14.6 Å². The van der Waals surface area contributed by atoms with Crippen LogP contribution in [0.15, 0.2) is 18.2 Å². The summed E-state index contributed by atoms with van der Waals surface area (Å²) in [6.07, 6.45) is 0. The van der Waals surface area contributed by atoms with Crippen molar-refractivity contribution < 1.29 is 27.1 Å². The second-order valence-electron chi connectivity index (χ2n) is 3.86. The molecule has 0 heterocycles. The Bertz CT molecular complexity index is 553. The molecule has 0 aromatic heterocycles. The van der Waals surface area contributed by atoms with Gasteiger partial charge in [-0.15, -0.1) is 0 Å². The molecule has 7 heteroatoms. The quantitative estimate of drug-likeness (QED) is 0.703. The summed E-state index contributed by atoms with van der Waals surface area (Å²) >= 11 is 0. The van der Waals surface area contributed by atoms with Crippen LogP contribution in [0.1, 0.15) is 10.4 Å². The molecule has 0 amide bonds. The first-order valence-corrected chi connectivity index (χ1v) is 7.28. The molecule has 0 bridgehead atoms. The highest BCUT2D eigenvalue weighted by Gasteiger charge is 2.19. The highest BCUT2D eigenvalue weighted by atomic mass is 32.2. The Morgan fingerprint density at radius 2 is 2.00 bits per heavy atom. The van der Waals surface area contributed by atoms with Gasteiger partial charge >= 0.3 is 0 Å². The SMILES string of the molecule is COCCS(=O)(=O)CC(=O)c1ccc(OC)c(F)c1. The van der Waals surface area contributed by atoms with E-state index in [0.29, 0.717) is 0 Å². The van der Waals surface area contributed by atoms with Gasteiger partial charge in [0, 0.05) is 12.7 Å². The van der Waals surface area contributed by atoms with Crippen molar-refractivity contribution in [3.63, 3.8) is 0 Å². The normalized spacial score (nSPS) is 11.3. The minimum Gasteiger partial charge on any atom is -0.494 e. The molecule has 0 N–H and O–H groups in total. The van der Waals surface area contributed by atoms with Crippen LogP contribution in [0.3, 0.4) is 0 Å². The Labute approximate surface area is 111 Å². The monoisotopic (exact) mass is 290 g/mol. The summed E-state index contributed by atoms with van der Waals surface area (Å²) in [5.41, 5.74) is -0.000656. The fraction of sp³-hybridized carbons (Fsp3) is 0.417. The van der Waals surface area contributed by atoms with E-state index in [4.69, 9.17) is 4.74 Å². The molecule has 1 rings (SSSR count). The number of Topliss-reactive ketones (excluding diaryl/α,β-unsaturated/α-hetero) is 1. The van der Waals surface area contributed by atoms with E-state index < -0.39 is 27.2 Å². The number of carbonyl (C=O) groups is 1. The number of rotatable bonds is 7. The third-order valence-electron chi connectivity index (χ3n) is 2.42. The molecule has 0 fully saturated rings. The molecule has 0 radical (unpaired) electrons. The first-order chi connectivity index (χ1) is 8.89. The van der Waals surface area contributed by atoms with Gasteiger partial charge in [0.05, 0.1) is 19.5 Å². The van der Waals surface area contributed by atoms with Crippen molar-refractivity contribution in [2.45, 2.75) is 0 Å². The third-order valence-corrected chi connectivity index (χ3v) is 3.91. The zero-order chi connectivity index (χ0) is 14.5. The van der Waals surface area contributed by atoms with Crippen molar-refractivity contribution in [3.05, 3.63) is 29.6 Å². The van der Waals surface area contributed by atoms with Crippen molar-refractivity contribution >= 4 is 15.6 Å². The van der Waals surface area contributed by atoms with Crippen LogP contribution in [-0.4, -0.2) is 46.5 Å². The average Bonchev–Trinajstić information content (AvgIpc) is 2.35. The third kappa shape index (κ3) is 4.60. The Balaban J connectivity index is 2.81. The summed E-state index contributed by atoms with van der Waals surface area (Å²) in [5.74, 6) is -2.27. The maximum Gasteiger partial charge on any atom is 0.177 e. The lowest BCUT2D eigenvalue weighted by molar-refractivity contribution is 0.102. The molecule has 0 saturated heterocycles. The molecule has 0 aliphatic heterocycles. The summed E-state index contributed by atoms with van der Waals surface area (Å²) < 4.78 is 45.9. The number of hydrogen-bond acceptors (Lipinski definition) is 5. The number of ether oxygens (including phenoxy) is 2. The highest BCUT2D eigenvalue weighted by molar-refractivity contribution is 7.92. The first-order valence-electron chi connectivity index (χ1n) is 5.45. The lowest BCUT2D eigenvalue weighted by Crippen LogP contribution is -2.21. The summed E-state index contributed by atoms with van der Waals surface area (Å²) in [4.78, 5) is 11.7. The first kappa shape index (κ1) is 15.6. The van der Waals surface area contributed by atoms with Gasteiger partial charge in [-0.2, -0.15) is 0 Å². The molecule has 5 nitrogen and oxygen atoms in total. The van der Waals surface area contributed by atoms with Crippen LogP contribution < -0.4 is 4.74 Å². The number of sulfone groups is 1. The van der Waals surface area contributed by atoms with E-state index in [2.05, 4.69) is 4.74 Å². The molecule has 106 valence electrons. The Hall–Kier alpha value is -1.47. The smallest absolute Gasteiger partial charge is 0.177 e. The van der Waals surface area contributed by atoms with E-state index in [1.54, 1.807) is 0 Å². The zero-order valence-corrected chi connectivity index (χ0v) is 11.5. The van der Waals surface area contributed by atoms with E-state index in [9.17, 15) is 17.6 Å². The molecule has 1 aromatic rings. The van der Waals surface area contributed by atoms with E-state index in [0.717, 1.165) is 6.07 Å². The molecule has 0 spiro atoms. The molecule has 0 saturated carbocycles. The summed E-state index contributed by atoms with van der Waals surface area (Å²) in [7, 11) is -0.876. The molecule has 0 atom stereocenters. The van der Waals surface area contributed by atoms with Crippen molar-refractivity contribution in [1.82, 2.24) is 0 Å². The molecule has 1 aromatic carbocycles. The zero-order valence-electron chi connectivity index (χ0n) is 10.7. The van der Waals surface area contributed by atoms with Gasteiger partial charge in [0.1, 0.15) is 5.75 Å². The highest BCUT2D eigenvalue weighted by Crippen LogP contribution is 2.18. The van der Waals surface area contributed by atoms with E-state index in [1.165, 1.54) is 26.4 Å². The Morgan fingerprint density at radius 1 is 1.32 bits per heavy atom. The predicted molar refractivity (Wildman–Crippen MR) is 67.8 cm³/mol. The number of carbonyl (C=O) groups excluding carboxylic acids is 1. The van der Waals surface area contributed by atoms with E-state index in [-0.39, 0.29) is 23.7 Å². The lowest BCUT2D eigenvalue weighted by Gasteiger charge is -2.05. The van der Waals surface area contributed by atoms with Crippen LogP contribution in [0.5, 0.6) is 5.75 Å². The van der Waals surface area contributed by atoms with Crippen molar-refractivity contribution in [2.75, 3.05) is 32.3 Å². The largest absolute Gasteiger partial charge is 0.494 e. The Morgan fingerprint density at radius 3 is 2.53 bits per heavy atom. The Kier molecular flexibility index (Phi) is 5.44. The van der Waals surface area contributed by atoms with Gasteiger partial charge in [-0.3, -0.25) is 4.79 Å². The molecular formula is C12H15FO5S. The fourth-order valence-corrected chi connectivity index (χ4v) is 2.54. The van der Waals surface area contributed by atoms with Gasteiger partial charge in [0.2, 0.25) is 0 Å². The molecule has 19 heavy (non-hydrogen) atoms. The van der Waals surface area contributed by atoms with Gasteiger partial charge in [-0.1, -0.05) is 0 Å². The van der Waals surface area contributed by atoms with Gasteiger partial charge in [-0.25, -0.2) is 12.8 Å². The summed E-state index contributed by atoms with van der Waals surface area (Å²) in [5, 5.41) is 0. The van der Waals surface area contributed by atoms with E-state index in [1.807, 2.05) is 0 Å². The molecule has 0 unspecified atom stereocenters. The van der Waals surface area contributed by atoms with Crippen LogP contribution >= 0.6 is 0 Å². The minimum atomic E-state index is -3.55. The standard InChI is InChI=1S/C12H15FO5S/c1-17-5-6-19(15,16)8-11(14)9-3-4-12(18-2)10(13)7-9/h3-4,7H,5-6,8H2,1-2H3. The minimum absolute atomic E-state index is 0.000656. The van der Waals surface area contributed by atoms with Gasteiger partial charge in [-0.05, 0) is 18.2 Å². The molecule has 0 aliphatic carbocycles. The maximum absolute atomic E-state index is 13.4. The number of ketones is 1. The number of halogens is 1. The van der Waals surface area contributed by atoms with Crippen LogP contribution in [0.25, 0.3) is 0 Å².